The summed E-state index contributed by atoms with van der Waals surface area (Å²) < 4.78 is 0. The van der Waals surface area contributed by atoms with Gasteiger partial charge in [-0.1, -0.05) is 36.9 Å². The van der Waals surface area contributed by atoms with Gasteiger partial charge in [0.25, 0.3) is 0 Å². The average Bonchev–Trinajstić information content (AvgIpc) is 3.04. The van der Waals surface area contributed by atoms with E-state index in [1.165, 1.54) is 10.4 Å². The third-order valence-corrected chi connectivity index (χ3v) is 6.78. The fraction of sp³-hybridized carbons (Fsp3) is 0.300. The number of thioether (sulfide) groups is 1. The number of aromatic nitrogens is 2. The lowest BCUT2D eigenvalue weighted by Gasteiger charge is -2.17. The molecule has 9 heteroatoms. The quantitative estimate of drug-likeness (QED) is 0.431. The third kappa shape index (κ3) is 4.51. The Balaban J connectivity index is 1.39. The molecule has 0 bridgehead atoms. The van der Waals surface area contributed by atoms with E-state index in [-0.39, 0.29) is 5.75 Å². The highest BCUT2D eigenvalue weighted by Gasteiger charge is 2.23. The maximum atomic E-state index is 12.1. The van der Waals surface area contributed by atoms with E-state index >= 15 is 0 Å². The summed E-state index contributed by atoms with van der Waals surface area (Å²) in [5, 5.41) is 6.32. The molecule has 7 nitrogen and oxygen atoms in total. The Kier molecular flexibility index (Phi) is 5.68. The highest BCUT2D eigenvalue weighted by molar-refractivity contribution is 7.99. The third-order valence-electron chi connectivity index (χ3n) is 4.78. The van der Waals surface area contributed by atoms with E-state index in [1.807, 2.05) is 6.07 Å². The average molecular weight is 428 g/mol. The van der Waals surface area contributed by atoms with Crippen LogP contribution < -0.4 is 16.4 Å². The van der Waals surface area contributed by atoms with Gasteiger partial charge in [-0.25, -0.2) is 14.8 Å². The first-order valence-electron chi connectivity index (χ1n) is 9.36. The number of rotatable bonds is 4. The van der Waals surface area contributed by atoms with Gasteiger partial charge in [0.15, 0.2) is 5.16 Å². The van der Waals surface area contributed by atoms with Crippen LogP contribution >= 0.6 is 23.1 Å². The van der Waals surface area contributed by atoms with Crippen LogP contribution in [0.15, 0.2) is 35.5 Å². The number of aryl methyl sites for hydroxylation is 1. The molecule has 3 amide bonds. The van der Waals surface area contributed by atoms with Crippen LogP contribution in [-0.4, -0.2) is 27.7 Å². The number of fused-ring (bicyclic) bond motifs is 3. The molecule has 2 aromatic heterocycles. The first kappa shape index (κ1) is 19.7. The highest BCUT2D eigenvalue weighted by Crippen LogP contribution is 2.39. The molecule has 29 heavy (non-hydrogen) atoms. The summed E-state index contributed by atoms with van der Waals surface area (Å²) in [5.41, 5.74) is 8.11. The summed E-state index contributed by atoms with van der Waals surface area (Å²) in [5.74, 6) is 0.732. The number of nitrogen functional groups attached to an aromatic ring is 1. The Hall–Kier alpha value is -2.65. The van der Waals surface area contributed by atoms with Crippen LogP contribution in [-0.2, 0) is 17.6 Å². The van der Waals surface area contributed by atoms with Crippen LogP contribution in [0.25, 0.3) is 10.2 Å². The Morgan fingerprint density at radius 1 is 1.28 bits per heavy atom. The normalized spacial score (nSPS) is 15.7. The second-order valence-electron chi connectivity index (χ2n) is 7.08. The largest absolute Gasteiger partial charge is 0.383 e. The predicted octanol–water partition coefficient (Wildman–Crippen LogP) is 3.84. The number of nitrogens with two attached hydrogens (primary N) is 1. The molecule has 0 radical (unpaired) electrons. The smallest absolute Gasteiger partial charge is 0.325 e. The maximum Gasteiger partial charge on any atom is 0.325 e. The van der Waals surface area contributed by atoms with Crippen molar-refractivity contribution in [3.05, 3.63) is 40.8 Å². The number of amides is 3. The van der Waals surface area contributed by atoms with Crippen molar-refractivity contribution in [3.63, 3.8) is 0 Å². The van der Waals surface area contributed by atoms with Crippen molar-refractivity contribution in [3.8, 4) is 0 Å². The van der Waals surface area contributed by atoms with Gasteiger partial charge in [0.1, 0.15) is 10.6 Å². The zero-order chi connectivity index (χ0) is 20.4. The molecular formula is C20H21N5O2S2. The van der Waals surface area contributed by atoms with Gasteiger partial charge in [-0.05, 0) is 42.9 Å². The number of carbonyl (C=O) groups is 2. The molecule has 1 unspecified atom stereocenters. The number of carbonyl (C=O) groups excluding carboxylic acids is 2. The van der Waals surface area contributed by atoms with Gasteiger partial charge in [-0.3, -0.25) is 10.1 Å². The van der Waals surface area contributed by atoms with Crippen LogP contribution in [0.3, 0.4) is 0 Å². The number of para-hydroxylation sites is 1. The van der Waals surface area contributed by atoms with Crippen LogP contribution in [0.1, 0.15) is 23.8 Å². The lowest BCUT2D eigenvalue weighted by Crippen LogP contribution is -2.35. The number of nitrogens with zero attached hydrogens (tertiary/aromatic N) is 2. The van der Waals surface area contributed by atoms with Crippen LogP contribution in [0.2, 0.25) is 0 Å². The van der Waals surface area contributed by atoms with E-state index in [9.17, 15) is 9.59 Å². The molecule has 0 saturated heterocycles. The predicted molar refractivity (Wildman–Crippen MR) is 117 cm³/mol. The van der Waals surface area contributed by atoms with Crippen LogP contribution in [0, 0.1) is 5.92 Å². The number of benzene rings is 1. The van der Waals surface area contributed by atoms with Gasteiger partial charge >= 0.3 is 6.03 Å². The zero-order valence-corrected chi connectivity index (χ0v) is 17.5. The first-order chi connectivity index (χ1) is 14.0. The second-order valence-corrected chi connectivity index (χ2v) is 9.11. The molecule has 4 N–H and O–H groups in total. The lowest BCUT2D eigenvalue weighted by molar-refractivity contribution is -0.117. The number of urea groups is 1. The molecule has 1 aromatic carbocycles. The first-order valence-corrected chi connectivity index (χ1v) is 11.2. The lowest BCUT2D eigenvalue weighted by atomic mass is 9.89. The van der Waals surface area contributed by atoms with E-state index in [4.69, 9.17) is 5.73 Å². The fourth-order valence-electron chi connectivity index (χ4n) is 3.39. The zero-order valence-electron chi connectivity index (χ0n) is 15.9. The number of hydrogen-bond donors (Lipinski definition) is 3. The molecule has 1 aliphatic carbocycles. The minimum atomic E-state index is -0.572. The van der Waals surface area contributed by atoms with Crippen molar-refractivity contribution >= 4 is 56.8 Å². The summed E-state index contributed by atoms with van der Waals surface area (Å²) >= 11 is 2.83. The number of thiophene rings is 1. The van der Waals surface area contributed by atoms with Crippen molar-refractivity contribution in [1.82, 2.24) is 15.3 Å². The fourth-order valence-corrected chi connectivity index (χ4v) is 5.49. The molecule has 0 spiro atoms. The molecule has 150 valence electrons. The molecule has 3 aromatic rings. The van der Waals surface area contributed by atoms with E-state index in [0.29, 0.717) is 22.6 Å². The van der Waals surface area contributed by atoms with Gasteiger partial charge in [0, 0.05) is 10.6 Å². The molecule has 0 aliphatic heterocycles. The Bertz CT molecular complexity index is 1070. The maximum absolute atomic E-state index is 12.1. The van der Waals surface area contributed by atoms with Crippen molar-refractivity contribution in [2.45, 2.75) is 31.3 Å². The van der Waals surface area contributed by atoms with Crippen molar-refractivity contribution < 1.29 is 9.59 Å². The van der Waals surface area contributed by atoms with E-state index in [1.54, 1.807) is 35.6 Å². The van der Waals surface area contributed by atoms with Gasteiger partial charge < -0.3 is 11.1 Å². The summed E-state index contributed by atoms with van der Waals surface area (Å²) in [6.07, 6.45) is 3.21. The molecule has 1 aliphatic rings. The van der Waals surface area contributed by atoms with E-state index < -0.39 is 11.9 Å². The van der Waals surface area contributed by atoms with Gasteiger partial charge in [-0.2, -0.15) is 0 Å². The van der Waals surface area contributed by atoms with Crippen molar-refractivity contribution in [2.24, 2.45) is 5.92 Å². The van der Waals surface area contributed by atoms with E-state index in [2.05, 4.69) is 27.5 Å². The second kappa shape index (κ2) is 8.38. The molecule has 2 heterocycles. The minimum absolute atomic E-state index is 0.0231. The van der Waals surface area contributed by atoms with Crippen molar-refractivity contribution in [1.29, 1.82) is 0 Å². The molecule has 4 rings (SSSR count). The summed E-state index contributed by atoms with van der Waals surface area (Å²) in [7, 11) is 0. The summed E-state index contributed by atoms with van der Waals surface area (Å²) in [6.45, 7) is 2.26. The molecular weight excluding hydrogens is 406 g/mol. The number of anilines is 2. The van der Waals surface area contributed by atoms with Gasteiger partial charge in [-0.15, -0.1) is 11.3 Å². The molecule has 0 saturated carbocycles. The molecule has 1 atom stereocenters. The number of imide groups is 1. The highest BCUT2D eigenvalue weighted by atomic mass is 32.2. The van der Waals surface area contributed by atoms with Crippen LogP contribution in [0.5, 0.6) is 0 Å². The standard InChI is InChI=1S/C20H21N5O2S2/c1-11-7-8-13-14(9-11)29-18-16(13)17(21)24-20(25-18)28-10-15(26)23-19(27)22-12-5-3-2-4-6-12/h2-6,11H,7-10H2,1H3,(H2,21,24,25)(H2,22,23,26,27). The summed E-state index contributed by atoms with van der Waals surface area (Å²) in [4.78, 5) is 35.2. The SMILES string of the molecule is CC1CCc2c(sc3nc(SCC(=O)NC(=O)Nc4ccccc4)nc(N)c23)C1. The minimum Gasteiger partial charge on any atom is -0.383 e. The van der Waals surface area contributed by atoms with Crippen LogP contribution in [0.4, 0.5) is 16.3 Å². The number of nitrogens with one attached hydrogen (secondary N) is 2. The monoisotopic (exact) mass is 427 g/mol. The number of hydrogen-bond acceptors (Lipinski definition) is 7. The van der Waals surface area contributed by atoms with Crippen molar-refractivity contribution in [2.75, 3.05) is 16.8 Å². The van der Waals surface area contributed by atoms with Gasteiger partial charge in [0.05, 0.1) is 11.1 Å². The Labute approximate surface area is 176 Å². The van der Waals surface area contributed by atoms with Gasteiger partial charge in [0.2, 0.25) is 5.91 Å². The topological polar surface area (TPSA) is 110 Å². The molecule has 0 fully saturated rings. The Morgan fingerprint density at radius 2 is 2.07 bits per heavy atom. The Morgan fingerprint density at radius 3 is 2.86 bits per heavy atom. The summed E-state index contributed by atoms with van der Waals surface area (Å²) in [6, 6.07) is 8.36. The van der Waals surface area contributed by atoms with E-state index in [0.717, 1.165) is 41.2 Å².